The van der Waals surface area contributed by atoms with E-state index in [-0.39, 0.29) is 6.61 Å². The van der Waals surface area contributed by atoms with E-state index in [0.29, 0.717) is 6.54 Å². The smallest absolute Gasteiger partial charge is 0.0807 e. The second-order valence-electron chi connectivity index (χ2n) is 2.01. The van der Waals surface area contributed by atoms with Gasteiger partial charge in [0.2, 0.25) is 0 Å². The van der Waals surface area contributed by atoms with Crippen LogP contribution in [0.25, 0.3) is 0 Å². The van der Waals surface area contributed by atoms with E-state index >= 15 is 0 Å². The van der Waals surface area contributed by atoms with Gasteiger partial charge in [-0.2, -0.15) is 0 Å². The minimum Gasteiger partial charge on any atom is -0.394 e. The van der Waals surface area contributed by atoms with Gasteiger partial charge in [0.1, 0.15) is 0 Å². The Kier molecular flexibility index (Phi) is 3.28. The Balaban J connectivity index is 2.50. The predicted molar refractivity (Wildman–Crippen MR) is 43.8 cm³/mol. The van der Waals surface area contributed by atoms with Crippen molar-refractivity contribution in [2.45, 2.75) is 0 Å². The second-order valence-corrected chi connectivity index (χ2v) is 2.01. The van der Waals surface area contributed by atoms with Crippen molar-refractivity contribution in [3.05, 3.63) is 30.1 Å². The van der Waals surface area contributed by atoms with Crippen LogP contribution < -0.4 is 0 Å². The Bertz CT molecular complexity index is 221. The van der Waals surface area contributed by atoms with Crippen molar-refractivity contribution in [3.63, 3.8) is 0 Å². The van der Waals surface area contributed by atoms with Crippen LogP contribution in [0.3, 0.4) is 0 Å². The molecule has 1 N–H and O–H groups in total. The van der Waals surface area contributed by atoms with Gasteiger partial charge in [0.05, 0.1) is 18.8 Å². The molecule has 0 aliphatic heterocycles. The van der Waals surface area contributed by atoms with Gasteiger partial charge >= 0.3 is 0 Å². The maximum Gasteiger partial charge on any atom is 0.0807 e. The number of hydrogen-bond donors (Lipinski definition) is 1. The van der Waals surface area contributed by atoms with Gasteiger partial charge < -0.3 is 5.11 Å². The van der Waals surface area contributed by atoms with Crippen LogP contribution in [0.2, 0.25) is 0 Å². The summed E-state index contributed by atoms with van der Waals surface area (Å²) in [4.78, 5) is 7.94. The first kappa shape index (κ1) is 7.88. The van der Waals surface area contributed by atoms with Gasteiger partial charge in [0, 0.05) is 12.4 Å². The molecular weight excluding hydrogens is 140 g/mol. The van der Waals surface area contributed by atoms with Crippen molar-refractivity contribution >= 4 is 6.21 Å². The lowest BCUT2D eigenvalue weighted by Crippen LogP contribution is -1.90. The van der Waals surface area contributed by atoms with Crippen LogP contribution >= 0.6 is 0 Å². The van der Waals surface area contributed by atoms with Gasteiger partial charge in [-0.25, -0.2) is 0 Å². The molecular formula is C8H10N2O. The minimum atomic E-state index is 0.0866. The molecule has 1 aromatic heterocycles. The van der Waals surface area contributed by atoms with Crippen LogP contribution in [-0.4, -0.2) is 29.5 Å². The first-order valence-electron chi connectivity index (χ1n) is 3.45. The van der Waals surface area contributed by atoms with Crippen LogP contribution in [0.1, 0.15) is 5.69 Å². The zero-order valence-corrected chi connectivity index (χ0v) is 6.14. The highest BCUT2D eigenvalue weighted by molar-refractivity contribution is 5.76. The van der Waals surface area contributed by atoms with Crippen LogP contribution in [0.15, 0.2) is 29.4 Å². The number of hydrogen-bond acceptors (Lipinski definition) is 3. The molecule has 1 rings (SSSR count). The van der Waals surface area contributed by atoms with Crippen molar-refractivity contribution in [2.75, 3.05) is 13.2 Å². The molecule has 0 aromatic carbocycles. The van der Waals surface area contributed by atoms with E-state index in [0.717, 1.165) is 5.69 Å². The zero-order chi connectivity index (χ0) is 7.94. The minimum absolute atomic E-state index is 0.0866. The van der Waals surface area contributed by atoms with Crippen LogP contribution in [0.5, 0.6) is 0 Å². The molecule has 0 aliphatic carbocycles. The summed E-state index contributed by atoms with van der Waals surface area (Å²) in [6.45, 7) is 0.528. The molecule has 0 fully saturated rings. The molecule has 0 aliphatic rings. The molecule has 0 spiro atoms. The summed E-state index contributed by atoms with van der Waals surface area (Å²) in [5, 5.41) is 8.41. The Morgan fingerprint density at radius 1 is 1.55 bits per heavy atom. The summed E-state index contributed by atoms with van der Waals surface area (Å²) in [5.41, 5.74) is 0.820. The van der Waals surface area contributed by atoms with E-state index in [1.54, 1.807) is 12.4 Å². The number of rotatable bonds is 3. The fraction of sp³-hybridized carbons (Fsp3) is 0.250. The third-order valence-corrected chi connectivity index (χ3v) is 1.14. The van der Waals surface area contributed by atoms with E-state index in [1.165, 1.54) is 0 Å². The number of aliphatic hydroxyl groups excluding tert-OH is 1. The fourth-order valence-corrected chi connectivity index (χ4v) is 0.668. The zero-order valence-electron chi connectivity index (χ0n) is 6.14. The Hall–Kier alpha value is -1.22. The highest BCUT2D eigenvalue weighted by atomic mass is 16.3. The number of nitrogens with zero attached hydrogens (tertiary/aromatic N) is 2. The highest BCUT2D eigenvalue weighted by Gasteiger charge is 1.83. The van der Waals surface area contributed by atoms with Crippen LogP contribution in [0, 0.1) is 0 Å². The van der Waals surface area contributed by atoms with E-state index in [2.05, 4.69) is 9.98 Å². The molecule has 1 aromatic rings. The van der Waals surface area contributed by atoms with Crippen LogP contribution in [0.4, 0.5) is 0 Å². The third-order valence-electron chi connectivity index (χ3n) is 1.14. The Labute approximate surface area is 65.4 Å². The largest absolute Gasteiger partial charge is 0.394 e. The highest BCUT2D eigenvalue weighted by Crippen LogP contribution is 1.87. The van der Waals surface area contributed by atoms with E-state index in [4.69, 9.17) is 5.11 Å². The first-order chi connectivity index (χ1) is 5.43. The normalized spacial score (nSPS) is 10.6. The van der Waals surface area contributed by atoms with Crippen molar-refractivity contribution < 1.29 is 5.11 Å². The van der Waals surface area contributed by atoms with Gasteiger partial charge in [-0.15, -0.1) is 0 Å². The topological polar surface area (TPSA) is 45.5 Å². The Morgan fingerprint density at radius 2 is 2.45 bits per heavy atom. The molecule has 0 saturated heterocycles. The predicted octanol–water partition coefficient (Wildman–Crippen LogP) is 0.493. The van der Waals surface area contributed by atoms with Gasteiger partial charge in [0.25, 0.3) is 0 Å². The maximum atomic E-state index is 8.41. The van der Waals surface area contributed by atoms with Crippen molar-refractivity contribution in [1.29, 1.82) is 0 Å². The molecule has 0 radical (unpaired) electrons. The average molecular weight is 150 g/mol. The summed E-state index contributed by atoms with van der Waals surface area (Å²) < 4.78 is 0. The standard InChI is InChI=1S/C8H10N2O/c11-6-5-9-7-8-3-1-2-4-10-8/h1-4,7,11H,5-6H2. The fourth-order valence-electron chi connectivity index (χ4n) is 0.668. The number of pyridine rings is 1. The van der Waals surface area contributed by atoms with E-state index in [1.807, 2.05) is 18.2 Å². The number of aliphatic imine (C=N–C) groups is 1. The summed E-state index contributed by atoms with van der Waals surface area (Å²) in [5.74, 6) is 0. The number of aliphatic hydroxyl groups is 1. The van der Waals surface area contributed by atoms with Crippen molar-refractivity contribution in [2.24, 2.45) is 4.99 Å². The molecule has 3 heteroatoms. The van der Waals surface area contributed by atoms with Crippen molar-refractivity contribution in [3.8, 4) is 0 Å². The van der Waals surface area contributed by atoms with Gasteiger partial charge in [-0.1, -0.05) is 6.07 Å². The molecule has 1 heterocycles. The quantitative estimate of drug-likeness (QED) is 0.637. The Morgan fingerprint density at radius 3 is 3.09 bits per heavy atom. The first-order valence-corrected chi connectivity index (χ1v) is 3.45. The van der Waals surface area contributed by atoms with Crippen LogP contribution in [-0.2, 0) is 0 Å². The maximum absolute atomic E-state index is 8.41. The molecule has 0 atom stereocenters. The summed E-state index contributed by atoms with van der Waals surface area (Å²) >= 11 is 0. The van der Waals surface area contributed by atoms with E-state index < -0.39 is 0 Å². The molecule has 11 heavy (non-hydrogen) atoms. The SMILES string of the molecule is OCCN=Cc1ccccn1. The van der Waals surface area contributed by atoms with Crippen molar-refractivity contribution in [1.82, 2.24) is 4.98 Å². The molecule has 3 nitrogen and oxygen atoms in total. The lowest BCUT2D eigenvalue weighted by molar-refractivity contribution is 0.307. The molecule has 0 unspecified atom stereocenters. The van der Waals surface area contributed by atoms with E-state index in [9.17, 15) is 0 Å². The van der Waals surface area contributed by atoms with Gasteiger partial charge in [-0.3, -0.25) is 9.98 Å². The summed E-state index contributed by atoms with van der Waals surface area (Å²) in [7, 11) is 0. The lowest BCUT2D eigenvalue weighted by Gasteiger charge is -1.88. The van der Waals surface area contributed by atoms with Gasteiger partial charge in [-0.05, 0) is 12.1 Å². The lowest BCUT2D eigenvalue weighted by atomic mass is 10.4. The molecule has 0 amide bonds. The molecule has 0 bridgehead atoms. The number of aromatic nitrogens is 1. The monoisotopic (exact) mass is 150 g/mol. The molecule has 0 saturated carbocycles. The summed E-state index contributed by atoms with van der Waals surface area (Å²) in [6.07, 6.45) is 3.36. The third kappa shape index (κ3) is 2.91. The average Bonchev–Trinajstić information content (AvgIpc) is 2.07. The second kappa shape index (κ2) is 4.57. The van der Waals surface area contributed by atoms with Gasteiger partial charge in [0.15, 0.2) is 0 Å². The summed E-state index contributed by atoms with van der Waals surface area (Å²) in [6, 6.07) is 5.61. The molecule has 58 valence electrons.